The van der Waals surface area contributed by atoms with E-state index < -0.39 is 52.3 Å². The van der Waals surface area contributed by atoms with E-state index in [2.05, 4.69) is 10.1 Å². The van der Waals surface area contributed by atoms with E-state index in [-0.39, 0.29) is 29.6 Å². The number of hydrogen-bond acceptors (Lipinski definition) is 6. The Bertz CT molecular complexity index is 1140. The summed E-state index contributed by atoms with van der Waals surface area (Å²) in [4.78, 5) is 25.3. The van der Waals surface area contributed by atoms with Gasteiger partial charge in [0.15, 0.2) is 17.4 Å². The molecular weight excluding hydrogens is 417 g/mol. The number of nitrogens with zero attached hydrogens (tertiary/aromatic N) is 2. The average molecular weight is 438 g/mol. The number of nitrogen functional groups attached to an aromatic ring is 1. The van der Waals surface area contributed by atoms with Crippen LogP contribution in [0.2, 0.25) is 0 Å². The van der Waals surface area contributed by atoms with Crippen LogP contribution in [0.25, 0.3) is 10.9 Å². The van der Waals surface area contributed by atoms with Gasteiger partial charge in [-0.3, -0.25) is 4.79 Å². The van der Waals surface area contributed by atoms with Gasteiger partial charge in [0.25, 0.3) is 0 Å². The maximum absolute atomic E-state index is 15.8. The predicted octanol–water partition coefficient (Wildman–Crippen LogP) is 2.39. The predicted molar refractivity (Wildman–Crippen MR) is 106 cm³/mol. The number of benzene rings is 1. The summed E-state index contributed by atoms with van der Waals surface area (Å²) in [6, 6.07) is -0.731. The molecule has 3 aliphatic rings. The largest absolute Gasteiger partial charge is 0.511 e. The van der Waals surface area contributed by atoms with E-state index in [1.807, 2.05) is 0 Å². The Morgan fingerprint density at radius 3 is 2.68 bits per heavy atom. The van der Waals surface area contributed by atoms with Crippen LogP contribution in [-0.2, 0) is 0 Å². The Morgan fingerprint density at radius 1 is 1.29 bits per heavy atom. The number of anilines is 2. The van der Waals surface area contributed by atoms with E-state index in [0.29, 0.717) is 13.1 Å². The number of carboxylic acid groups (broad SMARTS) is 1. The van der Waals surface area contributed by atoms with Crippen molar-refractivity contribution in [2.45, 2.75) is 37.5 Å². The fraction of sp³-hybridized carbons (Fsp3) is 0.500. The van der Waals surface area contributed by atoms with Gasteiger partial charge in [-0.25, -0.2) is 18.0 Å². The van der Waals surface area contributed by atoms with Crippen molar-refractivity contribution >= 4 is 28.4 Å². The molecule has 0 bridgehead atoms. The van der Waals surface area contributed by atoms with Gasteiger partial charge in [0.2, 0.25) is 5.43 Å². The lowest BCUT2D eigenvalue weighted by atomic mass is 9.94. The molecule has 4 N–H and O–H groups in total. The van der Waals surface area contributed by atoms with E-state index in [4.69, 9.17) is 10.8 Å². The summed E-state index contributed by atoms with van der Waals surface area (Å²) < 4.78 is 50.6. The zero-order chi connectivity index (χ0) is 22.0. The van der Waals surface area contributed by atoms with E-state index in [1.165, 1.54) is 0 Å². The summed E-state index contributed by atoms with van der Waals surface area (Å²) in [6.07, 6.45) is -0.166. The smallest absolute Gasteiger partial charge is 0.449 e. The molecule has 1 aromatic heterocycles. The van der Waals surface area contributed by atoms with Crippen LogP contribution in [-0.4, -0.2) is 47.7 Å². The van der Waals surface area contributed by atoms with Crippen molar-refractivity contribution in [3.05, 3.63) is 28.1 Å². The number of rotatable bonds is 3. The third-order valence-corrected chi connectivity index (χ3v) is 6.48. The van der Waals surface area contributed by atoms with Gasteiger partial charge in [0.1, 0.15) is 11.9 Å². The maximum atomic E-state index is 15.8. The number of nitrogens with one attached hydrogen (secondary N) is 1. The Balaban J connectivity index is 1.73. The van der Waals surface area contributed by atoms with Crippen molar-refractivity contribution < 1.29 is 27.8 Å². The third-order valence-electron chi connectivity index (χ3n) is 6.48. The van der Waals surface area contributed by atoms with Crippen molar-refractivity contribution in [2.75, 3.05) is 30.3 Å². The van der Waals surface area contributed by atoms with Gasteiger partial charge in [-0.15, -0.1) is 0 Å². The molecule has 0 spiro atoms. The number of alkyl halides is 1. The minimum atomic E-state index is -1.78. The molecule has 31 heavy (non-hydrogen) atoms. The SMILES string of the molecule is Nc1c(F)c(N2C[C@@H]3CCCN[C@@H]3C2)c(F)c2c1c(=O)c(OC(=O)O)cn2[C@@H]1C[C@@H]1F. The molecule has 3 heterocycles. The van der Waals surface area contributed by atoms with Gasteiger partial charge in [-0.05, 0) is 25.3 Å². The zero-order valence-electron chi connectivity index (χ0n) is 16.4. The van der Waals surface area contributed by atoms with Crippen LogP contribution in [0.3, 0.4) is 0 Å². The lowest BCUT2D eigenvalue weighted by Gasteiger charge is -2.24. The molecule has 1 aliphatic carbocycles. The number of piperidine rings is 1. The molecule has 2 aliphatic heterocycles. The van der Waals surface area contributed by atoms with Crippen LogP contribution in [0.1, 0.15) is 25.3 Å². The van der Waals surface area contributed by atoms with Crippen LogP contribution in [0, 0.1) is 17.6 Å². The van der Waals surface area contributed by atoms with Gasteiger partial charge in [-0.1, -0.05) is 0 Å². The van der Waals surface area contributed by atoms with Gasteiger partial charge >= 0.3 is 6.16 Å². The van der Waals surface area contributed by atoms with Crippen LogP contribution < -0.4 is 26.1 Å². The molecule has 1 saturated carbocycles. The topological polar surface area (TPSA) is 110 Å². The van der Waals surface area contributed by atoms with E-state index in [9.17, 15) is 14.0 Å². The Labute approximate surface area is 174 Å². The summed E-state index contributed by atoms with van der Waals surface area (Å²) >= 11 is 0. The average Bonchev–Trinajstić information content (AvgIpc) is 3.29. The molecule has 4 atom stereocenters. The molecule has 8 nitrogen and oxygen atoms in total. The molecule has 2 aromatic rings. The number of aromatic nitrogens is 1. The zero-order valence-corrected chi connectivity index (χ0v) is 16.4. The Hall–Kier alpha value is -2.95. The van der Waals surface area contributed by atoms with Crippen LogP contribution in [0.4, 0.5) is 29.3 Å². The lowest BCUT2D eigenvalue weighted by molar-refractivity contribution is 0.143. The first-order valence-electron chi connectivity index (χ1n) is 10.2. The minimum absolute atomic E-state index is 0.0499. The molecule has 0 radical (unpaired) electrons. The molecule has 2 saturated heterocycles. The van der Waals surface area contributed by atoms with Gasteiger partial charge < -0.3 is 30.4 Å². The monoisotopic (exact) mass is 438 g/mol. The van der Waals surface area contributed by atoms with E-state index in [0.717, 1.165) is 30.2 Å². The molecule has 1 aromatic carbocycles. The van der Waals surface area contributed by atoms with Gasteiger partial charge in [0.05, 0.1) is 28.8 Å². The first kappa shape index (κ1) is 20.0. The number of nitrogens with two attached hydrogens (primary N) is 1. The van der Waals surface area contributed by atoms with Crippen LogP contribution >= 0.6 is 0 Å². The quantitative estimate of drug-likeness (QED) is 0.499. The highest BCUT2D eigenvalue weighted by atomic mass is 19.1. The second kappa shape index (κ2) is 7.04. The number of ether oxygens (including phenoxy) is 1. The number of pyridine rings is 1. The minimum Gasteiger partial charge on any atom is -0.449 e. The number of halogens is 3. The summed E-state index contributed by atoms with van der Waals surface area (Å²) in [7, 11) is 0. The highest BCUT2D eigenvalue weighted by molar-refractivity contribution is 5.96. The molecule has 166 valence electrons. The highest BCUT2D eigenvalue weighted by Crippen LogP contribution is 2.45. The van der Waals surface area contributed by atoms with Crippen molar-refractivity contribution in [3.63, 3.8) is 0 Å². The van der Waals surface area contributed by atoms with Crippen molar-refractivity contribution in [2.24, 2.45) is 5.92 Å². The second-order valence-corrected chi connectivity index (χ2v) is 8.40. The summed E-state index contributed by atoms with van der Waals surface area (Å²) in [5.74, 6) is -2.56. The normalized spacial score (nSPS) is 27.4. The first-order chi connectivity index (χ1) is 14.8. The molecule has 0 amide bonds. The summed E-state index contributed by atoms with van der Waals surface area (Å²) in [5.41, 5.74) is 3.56. The van der Waals surface area contributed by atoms with Crippen molar-refractivity contribution in [1.29, 1.82) is 0 Å². The highest BCUT2D eigenvalue weighted by Gasteiger charge is 2.42. The van der Waals surface area contributed by atoms with Crippen molar-refractivity contribution in [1.82, 2.24) is 9.88 Å². The van der Waals surface area contributed by atoms with E-state index >= 15 is 8.78 Å². The Kier molecular flexibility index (Phi) is 4.54. The fourth-order valence-electron chi connectivity index (χ4n) is 4.90. The maximum Gasteiger partial charge on any atom is 0.511 e. The molecule has 0 unspecified atom stereocenters. The summed E-state index contributed by atoms with van der Waals surface area (Å²) in [5, 5.41) is 11.7. The standard InChI is InChI=1S/C20H21F3N4O4/c21-9-4-11(9)27-7-12(31-20(29)30)19(28)13-16(24)14(22)18(15(23)17(13)27)26-5-8-2-1-3-25-10(8)6-26/h7-11,25H,1-6,24H2,(H,29,30)/t8-,9-,10+,11+/m0/s1. The van der Waals surface area contributed by atoms with Crippen molar-refractivity contribution in [3.8, 4) is 5.75 Å². The number of fused-ring (bicyclic) bond motifs is 2. The fourth-order valence-corrected chi connectivity index (χ4v) is 4.90. The molecule has 11 heteroatoms. The first-order valence-corrected chi connectivity index (χ1v) is 10.2. The molecular formula is C20H21F3N4O4. The summed E-state index contributed by atoms with van der Waals surface area (Å²) in [6.45, 7) is 1.64. The second-order valence-electron chi connectivity index (χ2n) is 8.40. The Morgan fingerprint density at radius 2 is 2.03 bits per heavy atom. The third kappa shape index (κ3) is 3.10. The molecule has 3 fully saturated rings. The van der Waals surface area contributed by atoms with E-state index in [1.54, 1.807) is 4.90 Å². The van der Waals surface area contributed by atoms with Gasteiger partial charge in [0, 0.05) is 25.6 Å². The lowest BCUT2D eigenvalue weighted by Crippen LogP contribution is -2.40. The van der Waals surface area contributed by atoms with Crippen LogP contribution in [0.5, 0.6) is 5.75 Å². The number of carbonyl (C=O) groups is 1. The van der Waals surface area contributed by atoms with Gasteiger partial charge in [-0.2, -0.15) is 0 Å². The number of hydrogen-bond donors (Lipinski definition) is 3. The van der Waals surface area contributed by atoms with Crippen LogP contribution in [0.15, 0.2) is 11.0 Å². The molecule has 5 rings (SSSR count).